The van der Waals surface area contributed by atoms with Crippen LogP contribution in [0.2, 0.25) is 0 Å². The van der Waals surface area contributed by atoms with E-state index in [1.807, 2.05) is 44.3 Å². The molecule has 0 spiro atoms. The molecule has 10 heteroatoms. The van der Waals surface area contributed by atoms with E-state index >= 15 is 0 Å². The maximum Gasteiger partial charge on any atom is 0.251 e. The second-order valence-electron chi connectivity index (χ2n) is 9.20. The molecule has 0 unspecified atom stereocenters. The van der Waals surface area contributed by atoms with Crippen LogP contribution in [0, 0.1) is 18.3 Å². The summed E-state index contributed by atoms with van der Waals surface area (Å²) in [5.41, 5.74) is 3.07. The molecule has 2 aromatic heterocycles. The van der Waals surface area contributed by atoms with Crippen molar-refractivity contribution in [3.05, 3.63) is 82.9 Å². The quantitative estimate of drug-likeness (QED) is 0.327. The third kappa shape index (κ3) is 5.95. The number of nitrogens with zero attached hydrogens (tertiary/aromatic N) is 5. The minimum absolute atomic E-state index is 0.103. The molecule has 0 saturated carbocycles. The summed E-state index contributed by atoms with van der Waals surface area (Å²) in [7, 11) is 1.78. The van der Waals surface area contributed by atoms with Gasteiger partial charge in [0.2, 0.25) is 5.89 Å². The van der Waals surface area contributed by atoms with Crippen molar-refractivity contribution in [3.8, 4) is 23.1 Å². The van der Waals surface area contributed by atoms with Gasteiger partial charge in [-0.25, -0.2) is 4.98 Å². The van der Waals surface area contributed by atoms with Crippen molar-refractivity contribution in [2.75, 3.05) is 0 Å². The highest BCUT2D eigenvalue weighted by Gasteiger charge is 2.22. The van der Waals surface area contributed by atoms with Gasteiger partial charge in [-0.05, 0) is 37.6 Å². The first-order valence-electron chi connectivity index (χ1n) is 12.1. The van der Waals surface area contributed by atoms with Crippen LogP contribution in [0.4, 0.5) is 0 Å². The van der Waals surface area contributed by atoms with Crippen LogP contribution in [-0.4, -0.2) is 37.5 Å². The zero-order valence-electron chi connectivity index (χ0n) is 21.8. The second kappa shape index (κ2) is 11.1. The number of ketones is 1. The van der Waals surface area contributed by atoms with Gasteiger partial charge < -0.3 is 19.1 Å². The Morgan fingerprint density at radius 2 is 1.89 bits per heavy atom. The fourth-order valence-electron chi connectivity index (χ4n) is 4.00. The number of carbonyl (C=O) groups excluding carboxylic acids is 2. The lowest BCUT2D eigenvalue weighted by Gasteiger charge is -2.17. The Balaban J connectivity index is 1.55. The lowest BCUT2D eigenvalue weighted by atomic mass is 10.0. The van der Waals surface area contributed by atoms with E-state index in [2.05, 4.69) is 26.5 Å². The molecule has 0 fully saturated rings. The molecule has 2 aromatic carbocycles. The van der Waals surface area contributed by atoms with E-state index in [9.17, 15) is 14.9 Å². The van der Waals surface area contributed by atoms with E-state index in [4.69, 9.17) is 9.26 Å². The van der Waals surface area contributed by atoms with Crippen molar-refractivity contribution >= 4 is 11.7 Å². The summed E-state index contributed by atoms with van der Waals surface area (Å²) >= 11 is 0. The fraction of sp³-hybridized carbons (Fsp3) is 0.286. The van der Waals surface area contributed by atoms with Gasteiger partial charge in [0.15, 0.2) is 17.4 Å². The number of hydrogen-bond acceptors (Lipinski definition) is 8. The molecule has 2 heterocycles. The molecule has 0 radical (unpaired) electrons. The third-order valence-electron chi connectivity index (χ3n) is 5.77. The van der Waals surface area contributed by atoms with Crippen molar-refractivity contribution in [2.45, 2.75) is 46.3 Å². The Morgan fingerprint density at radius 1 is 1.16 bits per heavy atom. The molecule has 0 saturated heterocycles. The Hall–Kier alpha value is -4.78. The van der Waals surface area contributed by atoms with Gasteiger partial charge in [-0.1, -0.05) is 29.4 Å². The zero-order valence-corrected chi connectivity index (χ0v) is 21.8. The number of hydrogen-bond donors (Lipinski definition) is 1. The average molecular weight is 513 g/mol. The SMILES string of the molecule is CC(=O)c1nc(-c2ccc(C[C@H](NC(=O)c3ccc(OC(C)C)c(C#N)c3)c3noc(C)n3)cc2)cn1C. The molecule has 4 rings (SSSR count). The molecule has 1 amide bonds. The molecule has 0 aliphatic heterocycles. The third-order valence-corrected chi connectivity index (χ3v) is 5.77. The maximum absolute atomic E-state index is 13.2. The summed E-state index contributed by atoms with van der Waals surface area (Å²) in [5, 5.41) is 16.5. The van der Waals surface area contributed by atoms with Crippen LogP contribution < -0.4 is 10.1 Å². The molecule has 0 aliphatic carbocycles. The van der Waals surface area contributed by atoms with Crippen LogP contribution in [0.3, 0.4) is 0 Å². The second-order valence-corrected chi connectivity index (χ2v) is 9.20. The predicted octanol–water partition coefficient (Wildman–Crippen LogP) is 4.35. The number of rotatable bonds is 9. The molecule has 10 nitrogen and oxygen atoms in total. The summed E-state index contributed by atoms with van der Waals surface area (Å²) in [6.45, 7) is 6.90. The Morgan fingerprint density at radius 3 is 2.47 bits per heavy atom. The van der Waals surface area contributed by atoms with Crippen LogP contribution in [0.1, 0.15) is 70.6 Å². The number of amides is 1. The van der Waals surface area contributed by atoms with Crippen molar-refractivity contribution < 1.29 is 18.8 Å². The first kappa shape index (κ1) is 26.3. The number of carbonyl (C=O) groups is 2. The van der Waals surface area contributed by atoms with Gasteiger partial charge in [-0.15, -0.1) is 0 Å². The van der Waals surface area contributed by atoms with Crippen molar-refractivity contribution in [1.82, 2.24) is 25.0 Å². The Labute approximate surface area is 220 Å². The summed E-state index contributed by atoms with van der Waals surface area (Å²) in [6, 6.07) is 13.9. The first-order valence-corrected chi connectivity index (χ1v) is 12.1. The summed E-state index contributed by atoms with van der Waals surface area (Å²) in [4.78, 5) is 33.7. The number of nitriles is 1. The molecule has 0 bridgehead atoms. The topological polar surface area (TPSA) is 136 Å². The number of imidazole rings is 1. The van der Waals surface area contributed by atoms with Crippen molar-refractivity contribution in [3.63, 3.8) is 0 Å². The predicted molar refractivity (Wildman–Crippen MR) is 139 cm³/mol. The highest BCUT2D eigenvalue weighted by Crippen LogP contribution is 2.24. The van der Waals surface area contributed by atoms with E-state index in [0.29, 0.717) is 41.0 Å². The van der Waals surface area contributed by atoms with E-state index < -0.39 is 6.04 Å². The van der Waals surface area contributed by atoms with Gasteiger partial charge in [-0.3, -0.25) is 9.59 Å². The zero-order chi connectivity index (χ0) is 27.4. The van der Waals surface area contributed by atoms with Crippen molar-refractivity contribution in [2.24, 2.45) is 7.05 Å². The molecule has 1 atom stereocenters. The lowest BCUT2D eigenvalue weighted by molar-refractivity contribution is 0.0933. The lowest BCUT2D eigenvalue weighted by Crippen LogP contribution is -2.31. The van der Waals surface area contributed by atoms with Crippen LogP contribution in [0.15, 0.2) is 53.2 Å². The average Bonchev–Trinajstić information content (AvgIpc) is 3.49. The number of benzene rings is 2. The van der Waals surface area contributed by atoms with Crippen LogP contribution in [0.5, 0.6) is 5.75 Å². The normalized spacial score (nSPS) is 11.7. The number of aromatic nitrogens is 4. The van der Waals surface area contributed by atoms with Gasteiger partial charge in [-0.2, -0.15) is 10.2 Å². The molecule has 194 valence electrons. The monoisotopic (exact) mass is 512 g/mol. The van der Waals surface area contributed by atoms with Crippen LogP contribution in [0.25, 0.3) is 11.3 Å². The molecule has 1 N–H and O–H groups in total. The van der Waals surface area contributed by atoms with Gasteiger partial charge in [0, 0.05) is 44.6 Å². The van der Waals surface area contributed by atoms with E-state index in [-0.39, 0.29) is 23.4 Å². The van der Waals surface area contributed by atoms with E-state index in [1.165, 1.54) is 13.0 Å². The largest absolute Gasteiger partial charge is 0.490 e. The first-order chi connectivity index (χ1) is 18.1. The fourth-order valence-corrected chi connectivity index (χ4v) is 4.00. The molecule has 0 aliphatic rings. The van der Waals surface area contributed by atoms with Gasteiger partial charge in [0.1, 0.15) is 11.8 Å². The maximum atomic E-state index is 13.2. The summed E-state index contributed by atoms with van der Waals surface area (Å²) in [6.07, 6.45) is 2.10. The molecular weight excluding hydrogens is 484 g/mol. The van der Waals surface area contributed by atoms with Crippen LogP contribution in [-0.2, 0) is 13.5 Å². The summed E-state index contributed by atoms with van der Waals surface area (Å²) < 4.78 is 12.5. The van der Waals surface area contributed by atoms with Gasteiger partial charge in [0.05, 0.1) is 23.4 Å². The van der Waals surface area contributed by atoms with E-state index in [1.54, 1.807) is 30.7 Å². The number of nitrogens with one attached hydrogen (secondary N) is 1. The number of ether oxygens (including phenoxy) is 1. The number of Topliss-reactive ketones (excluding diaryl/α,β-unsaturated/α-hetero) is 1. The highest BCUT2D eigenvalue weighted by atomic mass is 16.5. The molecule has 38 heavy (non-hydrogen) atoms. The number of aryl methyl sites for hydroxylation is 2. The Kier molecular flexibility index (Phi) is 7.67. The Bertz CT molecular complexity index is 1510. The smallest absolute Gasteiger partial charge is 0.251 e. The van der Waals surface area contributed by atoms with Gasteiger partial charge >= 0.3 is 0 Å². The highest BCUT2D eigenvalue weighted by molar-refractivity contribution is 5.95. The van der Waals surface area contributed by atoms with E-state index in [0.717, 1.165) is 11.1 Å². The molecular formula is C28H28N6O4. The van der Waals surface area contributed by atoms with Crippen molar-refractivity contribution in [1.29, 1.82) is 5.26 Å². The van der Waals surface area contributed by atoms with Crippen LogP contribution >= 0.6 is 0 Å². The molecule has 4 aromatic rings. The minimum Gasteiger partial charge on any atom is -0.490 e. The summed E-state index contributed by atoms with van der Waals surface area (Å²) in [5.74, 6) is 1.06. The minimum atomic E-state index is -0.581. The standard InChI is InChI=1S/C28H28N6O4/c1-16(2)37-25-11-10-21(13-22(25)14-29)28(36)32-23(26-30-18(4)38-33-26)12-19-6-8-20(9-7-19)24-15-34(5)27(31-24)17(3)35/h6-11,13,15-16,23H,12H2,1-5H3,(H,32,36)/t23-/m0/s1. The van der Waals surface area contributed by atoms with Gasteiger partial charge in [0.25, 0.3) is 5.91 Å².